The highest BCUT2D eigenvalue weighted by Gasteiger charge is 2.13. The molecular weight excluding hydrogens is 222 g/mol. The Bertz CT molecular complexity index is 278. The van der Waals surface area contributed by atoms with E-state index in [-0.39, 0.29) is 11.9 Å². The maximum absolute atomic E-state index is 11.5. The fourth-order valence-corrected chi connectivity index (χ4v) is 1.72. The molecule has 0 fully saturated rings. The molecule has 1 aromatic heterocycles. The van der Waals surface area contributed by atoms with Gasteiger partial charge in [-0.2, -0.15) is 0 Å². The Kier molecular flexibility index (Phi) is 4.82. The third-order valence-electron chi connectivity index (χ3n) is 1.87. The quantitative estimate of drug-likeness (QED) is 0.788. The molecule has 14 heavy (non-hydrogen) atoms. The van der Waals surface area contributed by atoms with Crippen LogP contribution in [0, 0.1) is 0 Å². The van der Waals surface area contributed by atoms with Gasteiger partial charge in [-0.25, -0.2) is 0 Å². The lowest BCUT2D eigenvalue weighted by Crippen LogP contribution is -2.34. The Labute approximate surface area is 91.8 Å². The van der Waals surface area contributed by atoms with Crippen LogP contribution in [-0.4, -0.2) is 27.4 Å². The van der Waals surface area contributed by atoms with Crippen LogP contribution in [0.25, 0.3) is 0 Å². The van der Waals surface area contributed by atoms with E-state index in [9.17, 15) is 4.79 Å². The topological polar surface area (TPSA) is 54.9 Å². The average Bonchev–Trinajstić information content (AvgIpc) is 2.69. The monoisotopic (exact) mass is 233 g/mol. The van der Waals surface area contributed by atoms with Gasteiger partial charge < -0.3 is 5.32 Å². The molecule has 0 radical (unpaired) electrons. The molecule has 0 aliphatic carbocycles. The Morgan fingerprint density at radius 2 is 2.57 bits per heavy atom. The second kappa shape index (κ2) is 5.93. The molecule has 0 aromatic carbocycles. The van der Waals surface area contributed by atoms with Crippen molar-refractivity contribution in [2.24, 2.45) is 0 Å². The van der Waals surface area contributed by atoms with Gasteiger partial charge >= 0.3 is 0 Å². The molecule has 1 rings (SSSR count). The molecule has 0 bridgehead atoms. The molecule has 0 spiro atoms. The van der Waals surface area contributed by atoms with Crippen LogP contribution in [0.5, 0.6) is 0 Å². The number of hydrogen-bond donors (Lipinski definition) is 1. The summed E-state index contributed by atoms with van der Waals surface area (Å²) in [6.07, 6.45) is 3.13. The molecule has 1 N–H and O–H groups in total. The molecule has 78 valence electrons. The van der Waals surface area contributed by atoms with Crippen molar-refractivity contribution >= 4 is 29.0 Å². The highest BCUT2D eigenvalue weighted by molar-refractivity contribution is 7.07. The molecule has 1 heterocycles. The Hall–Kier alpha value is -0.680. The largest absolute Gasteiger partial charge is 0.348 e. The number of halogens is 1. The molecule has 0 saturated carbocycles. The molecule has 4 nitrogen and oxygen atoms in total. The van der Waals surface area contributed by atoms with E-state index in [4.69, 9.17) is 11.6 Å². The summed E-state index contributed by atoms with van der Waals surface area (Å²) in [6.45, 7) is 2.02. The molecule has 6 heteroatoms. The number of nitrogens with one attached hydrogen (secondary N) is 1. The zero-order valence-electron chi connectivity index (χ0n) is 7.86. The van der Waals surface area contributed by atoms with Gasteiger partial charge in [0.25, 0.3) is 5.91 Å². The zero-order valence-corrected chi connectivity index (χ0v) is 9.44. The highest BCUT2D eigenvalue weighted by atomic mass is 35.5. The normalized spacial score (nSPS) is 12.4. The van der Waals surface area contributed by atoms with Gasteiger partial charge in [0.1, 0.15) is 4.88 Å². The summed E-state index contributed by atoms with van der Waals surface area (Å²) in [5.74, 6) is 0.441. The van der Waals surface area contributed by atoms with Crippen molar-refractivity contribution in [2.45, 2.75) is 25.8 Å². The van der Waals surface area contributed by atoms with Crippen LogP contribution in [0.3, 0.4) is 0 Å². The van der Waals surface area contributed by atoms with Gasteiger partial charge in [-0.1, -0.05) is 11.4 Å². The molecule has 1 unspecified atom stereocenters. The second-order valence-corrected chi connectivity index (χ2v) is 4.00. The van der Waals surface area contributed by atoms with Crippen LogP contribution in [0.1, 0.15) is 29.4 Å². The van der Waals surface area contributed by atoms with E-state index in [1.807, 2.05) is 6.92 Å². The van der Waals surface area contributed by atoms with E-state index in [2.05, 4.69) is 14.9 Å². The van der Waals surface area contributed by atoms with Gasteiger partial charge in [-0.3, -0.25) is 4.79 Å². The fourth-order valence-electron chi connectivity index (χ4n) is 1.03. The van der Waals surface area contributed by atoms with Crippen molar-refractivity contribution in [1.82, 2.24) is 14.9 Å². The molecule has 1 amide bonds. The molecule has 0 aliphatic heterocycles. The molecule has 1 aromatic rings. The maximum Gasteiger partial charge on any atom is 0.264 e. The van der Waals surface area contributed by atoms with Crippen LogP contribution in [0.4, 0.5) is 0 Å². The van der Waals surface area contributed by atoms with Crippen LogP contribution < -0.4 is 5.32 Å². The first kappa shape index (κ1) is 11.4. The minimum absolute atomic E-state index is 0.114. The fraction of sp³-hybridized carbons (Fsp3) is 0.625. The maximum atomic E-state index is 11.5. The van der Waals surface area contributed by atoms with Gasteiger partial charge in [0.05, 0.1) is 6.20 Å². The lowest BCUT2D eigenvalue weighted by molar-refractivity contribution is 0.0939. The molecule has 0 saturated heterocycles. The van der Waals surface area contributed by atoms with Gasteiger partial charge in [-0.05, 0) is 24.4 Å². The third kappa shape index (κ3) is 3.23. The van der Waals surface area contributed by atoms with E-state index < -0.39 is 0 Å². The van der Waals surface area contributed by atoms with Crippen LogP contribution in [-0.2, 0) is 0 Å². The molecular formula is C8H12ClN3OS. The van der Waals surface area contributed by atoms with Crippen molar-refractivity contribution < 1.29 is 4.79 Å². The Morgan fingerprint density at radius 1 is 1.79 bits per heavy atom. The number of aromatic nitrogens is 2. The van der Waals surface area contributed by atoms with Crippen LogP contribution in [0.15, 0.2) is 6.20 Å². The smallest absolute Gasteiger partial charge is 0.264 e. The average molecular weight is 234 g/mol. The van der Waals surface area contributed by atoms with Gasteiger partial charge in [0.15, 0.2) is 0 Å². The zero-order chi connectivity index (χ0) is 10.4. The summed E-state index contributed by atoms with van der Waals surface area (Å²) in [6, 6.07) is 0.141. The summed E-state index contributed by atoms with van der Waals surface area (Å²) in [4.78, 5) is 12.1. The minimum Gasteiger partial charge on any atom is -0.348 e. The summed E-state index contributed by atoms with van der Waals surface area (Å²) in [5.41, 5.74) is 0. The molecule has 1 atom stereocenters. The van der Waals surface area contributed by atoms with Crippen LogP contribution >= 0.6 is 23.1 Å². The van der Waals surface area contributed by atoms with E-state index >= 15 is 0 Å². The first-order chi connectivity index (χ1) is 6.77. The number of carbonyl (C=O) groups excluding carboxylic acids is 1. The lowest BCUT2D eigenvalue weighted by atomic mass is 10.2. The van der Waals surface area contributed by atoms with Gasteiger partial charge in [0, 0.05) is 11.9 Å². The Morgan fingerprint density at radius 3 is 3.07 bits per heavy atom. The van der Waals surface area contributed by atoms with Crippen LogP contribution in [0.2, 0.25) is 0 Å². The number of alkyl halides is 1. The second-order valence-electron chi connectivity index (χ2n) is 2.84. The summed E-state index contributed by atoms with van der Waals surface area (Å²) >= 11 is 6.71. The summed E-state index contributed by atoms with van der Waals surface area (Å²) in [7, 11) is 0. The summed E-state index contributed by atoms with van der Waals surface area (Å²) < 4.78 is 3.63. The van der Waals surface area contributed by atoms with E-state index in [0.29, 0.717) is 10.8 Å². The number of rotatable bonds is 5. The highest BCUT2D eigenvalue weighted by Crippen LogP contribution is 2.05. The van der Waals surface area contributed by atoms with Gasteiger partial charge in [0.2, 0.25) is 0 Å². The van der Waals surface area contributed by atoms with E-state index in [1.165, 1.54) is 6.20 Å². The number of hydrogen-bond acceptors (Lipinski definition) is 4. The summed E-state index contributed by atoms with van der Waals surface area (Å²) in [5, 5.41) is 6.48. The minimum atomic E-state index is -0.114. The van der Waals surface area contributed by atoms with Crippen molar-refractivity contribution in [2.75, 3.05) is 5.88 Å². The standard InChI is InChI=1S/C8H12ClN3OS/c1-2-6(3-4-9)11-8(13)7-5-10-12-14-7/h5-6H,2-4H2,1H3,(H,11,13). The predicted octanol–water partition coefficient (Wildman–Crippen LogP) is 1.68. The van der Waals surface area contributed by atoms with E-state index in [1.54, 1.807) is 0 Å². The van der Waals surface area contributed by atoms with E-state index in [0.717, 1.165) is 24.4 Å². The third-order valence-corrected chi connectivity index (χ3v) is 2.75. The van der Waals surface area contributed by atoms with Crippen molar-refractivity contribution in [3.63, 3.8) is 0 Å². The van der Waals surface area contributed by atoms with Crippen molar-refractivity contribution in [1.29, 1.82) is 0 Å². The first-order valence-corrected chi connectivity index (χ1v) is 5.73. The first-order valence-electron chi connectivity index (χ1n) is 4.42. The van der Waals surface area contributed by atoms with Crippen molar-refractivity contribution in [3.8, 4) is 0 Å². The SMILES string of the molecule is CCC(CCCl)NC(=O)c1cnns1. The number of amides is 1. The van der Waals surface area contributed by atoms with Crippen molar-refractivity contribution in [3.05, 3.63) is 11.1 Å². The van der Waals surface area contributed by atoms with Gasteiger partial charge in [-0.15, -0.1) is 16.7 Å². The number of nitrogens with zero attached hydrogens (tertiary/aromatic N) is 2. The Balaban J connectivity index is 2.47. The number of carbonyl (C=O) groups is 1. The molecule has 0 aliphatic rings. The lowest BCUT2D eigenvalue weighted by Gasteiger charge is -2.14. The predicted molar refractivity (Wildman–Crippen MR) is 56.8 cm³/mol.